The number of ether oxygens (including phenoxy) is 3. The predicted octanol–water partition coefficient (Wildman–Crippen LogP) is 2.18. The van der Waals surface area contributed by atoms with Crippen LogP contribution in [0.5, 0.6) is 11.5 Å². The summed E-state index contributed by atoms with van der Waals surface area (Å²) in [4.78, 5) is 16.3. The molecule has 25 heavy (non-hydrogen) atoms. The Hall–Kier alpha value is -3.22. The van der Waals surface area contributed by atoms with E-state index in [9.17, 15) is 9.90 Å². The number of anilines is 1. The molecular weight excluding hydrogens is 324 g/mol. The zero-order valence-electron chi connectivity index (χ0n) is 13.9. The average Bonchev–Trinajstić information content (AvgIpc) is 2.96. The number of methoxy groups -OCH3 is 2. The Labute approximate surface area is 144 Å². The number of rotatable bonds is 5. The molecule has 3 rings (SSSR count). The summed E-state index contributed by atoms with van der Waals surface area (Å²) in [7, 11) is 3.02. The van der Waals surface area contributed by atoms with Gasteiger partial charge in [0.2, 0.25) is 0 Å². The van der Waals surface area contributed by atoms with Gasteiger partial charge in [0.15, 0.2) is 0 Å². The van der Waals surface area contributed by atoms with Gasteiger partial charge in [-0.3, -0.25) is 4.98 Å². The number of pyridine rings is 1. The molecule has 0 amide bonds. The molecule has 3 N–H and O–H groups in total. The Balaban J connectivity index is 2.27. The summed E-state index contributed by atoms with van der Waals surface area (Å²) in [5.74, 6) is -0.440. The van der Waals surface area contributed by atoms with Crippen molar-refractivity contribution in [1.29, 1.82) is 0 Å². The Morgan fingerprint density at radius 1 is 1.32 bits per heavy atom. The van der Waals surface area contributed by atoms with E-state index < -0.39 is 11.9 Å². The Morgan fingerprint density at radius 3 is 2.68 bits per heavy atom. The van der Waals surface area contributed by atoms with Crippen LogP contribution in [-0.4, -0.2) is 36.9 Å². The molecule has 0 bridgehead atoms. The van der Waals surface area contributed by atoms with Gasteiger partial charge in [-0.25, -0.2) is 4.79 Å². The van der Waals surface area contributed by atoms with E-state index in [0.717, 1.165) is 0 Å². The number of benzene rings is 1. The van der Waals surface area contributed by atoms with Crippen LogP contribution in [0.25, 0.3) is 0 Å². The molecule has 1 atom stereocenters. The zero-order valence-corrected chi connectivity index (χ0v) is 13.9. The smallest absolute Gasteiger partial charge is 0.338 e. The molecule has 2 aromatic rings. The van der Waals surface area contributed by atoms with Gasteiger partial charge in [-0.05, 0) is 11.6 Å². The van der Waals surface area contributed by atoms with Crippen molar-refractivity contribution in [3.05, 3.63) is 59.1 Å². The molecule has 130 valence electrons. The Morgan fingerprint density at radius 2 is 2.12 bits per heavy atom. The standard InChI is InChI=1S/C18H18N2O5/c1-23-11-6-12(19)16(14(7-11)24-2)15(10-4-3-5-20-8-10)17-13(21)9-25-18(17)22/h3-8,15,21H,9,19H2,1-2H3. The van der Waals surface area contributed by atoms with Crippen molar-refractivity contribution in [2.45, 2.75) is 5.92 Å². The van der Waals surface area contributed by atoms with Crippen molar-refractivity contribution in [3.8, 4) is 11.5 Å². The van der Waals surface area contributed by atoms with E-state index in [1.807, 2.05) is 0 Å². The first-order valence-electron chi connectivity index (χ1n) is 7.57. The molecule has 1 unspecified atom stereocenters. The summed E-state index contributed by atoms with van der Waals surface area (Å²) in [6.45, 7) is -0.163. The van der Waals surface area contributed by atoms with Gasteiger partial charge in [-0.15, -0.1) is 0 Å². The summed E-state index contributed by atoms with van der Waals surface area (Å²) in [6.07, 6.45) is 3.23. The van der Waals surface area contributed by atoms with E-state index in [1.165, 1.54) is 14.2 Å². The van der Waals surface area contributed by atoms with E-state index in [2.05, 4.69) is 4.98 Å². The molecule has 1 aliphatic heterocycles. The fourth-order valence-corrected chi connectivity index (χ4v) is 2.93. The molecule has 0 radical (unpaired) electrons. The zero-order chi connectivity index (χ0) is 18.0. The third-order valence-electron chi connectivity index (χ3n) is 4.07. The highest BCUT2D eigenvalue weighted by atomic mass is 16.5. The summed E-state index contributed by atoms with van der Waals surface area (Å²) >= 11 is 0. The predicted molar refractivity (Wildman–Crippen MR) is 90.7 cm³/mol. The van der Waals surface area contributed by atoms with Gasteiger partial charge in [0, 0.05) is 35.8 Å². The van der Waals surface area contributed by atoms with Crippen molar-refractivity contribution >= 4 is 11.7 Å². The van der Waals surface area contributed by atoms with Crippen LogP contribution < -0.4 is 15.2 Å². The van der Waals surface area contributed by atoms with Crippen molar-refractivity contribution in [3.63, 3.8) is 0 Å². The summed E-state index contributed by atoms with van der Waals surface area (Å²) in [5.41, 5.74) is 7.94. The number of aromatic nitrogens is 1. The molecule has 1 aliphatic rings. The lowest BCUT2D eigenvalue weighted by Gasteiger charge is -2.22. The SMILES string of the molecule is COc1cc(N)c(C(C2=C(O)COC2=O)c2cccnc2)c(OC)c1. The number of esters is 1. The lowest BCUT2D eigenvalue weighted by Crippen LogP contribution is -2.15. The van der Waals surface area contributed by atoms with Gasteiger partial charge in [0.25, 0.3) is 0 Å². The van der Waals surface area contributed by atoms with Gasteiger partial charge < -0.3 is 25.1 Å². The van der Waals surface area contributed by atoms with Crippen LogP contribution in [0.2, 0.25) is 0 Å². The highest BCUT2D eigenvalue weighted by molar-refractivity contribution is 5.94. The van der Waals surface area contributed by atoms with Gasteiger partial charge in [-0.2, -0.15) is 0 Å². The third kappa shape index (κ3) is 2.96. The first kappa shape index (κ1) is 16.6. The third-order valence-corrected chi connectivity index (χ3v) is 4.07. The fourth-order valence-electron chi connectivity index (χ4n) is 2.93. The fraction of sp³-hybridized carbons (Fsp3) is 0.222. The number of carbonyl (C=O) groups is 1. The van der Waals surface area contributed by atoms with Crippen molar-refractivity contribution in [2.75, 3.05) is 26.6 Å². The number of nitrogens with two attached hydrogens (primary N) is 1. The summed E-state index contributed by atoms with van der Waals surface area (Å²) < 4.78 is 15.7. The maximum atomic E-state index is 12.2. The van der Waals surface area contributed by atoms with Crippen LogP contribution >= 0.6 is 0 Å². The van der Waals surface area contributed by atoms with Crippen LogP contribution in [0.15, 0.2) is 48.0 Å². The van der Waals surface area contributed by atoms with Crippen LogP contribution in [0.4, 0.5) is 5.69 Å². The molecule has 0 fully saturated rings. The lowest BCUT2D eigenvalue weighted by molar-refractivity contribution is -0.136. The highest BCUT2D eigenvalue weighted by Crippen LogP contribution is 2.44. The monoisotopic (exact) mass is 342 g/mol. The first-order chi connectivity index (χ1) is 12.1. The maximum absolute atomic E-state index is 12.2. The van der Waals surface area contributed by atoms with E-state index in [4.69, 9.17) is 19.9 Å². The van der Waals surface area contributed by atoms with Gasteiger partial charge in [0.05, 0.1) is 25.7 Å². The van der Waals surface area contributed by atoms with E-state index >= 15 is 0 Å². The molecule has 0 saturated carbocycles. The summed E-state index contributed by atoms with van der Waals surface area (Å²) in [5, 5.41) is 10.2. The number of carbonyl (C=O) groups excluding carboxylic acids is 1. The molecule has 0 spiro atoms. The van der Waals surface area contributed by atoms with E-state index in [-0.39, 0.29) is 17.9 Å². The maximum Gasteiger partial charge on any atom is 0.338 e. The number of hydrogen-bond donors (Lipinski definition) is 2. The number of aliphatic hydroxyl groups is 1. The molecule has 7 heteroatoms. The second-order valence-electron chi connectivity index (χ2n) is 5.49. The molecule has 0 aliphatic carbocycles. The molecule has 1 aromatic carbocycles. The molecule has 1 aromatic heterocycles. The first-order valence-corrected chi connectivity index (χ1v) is 7.57. The van der Waals surface area contributed by atoms with Crippen LogP contribution in [0.3, 0.4) is 0 Å². The molecule has 0 saturated heterocycles. The van der Waals surface area contributed by atoms with Gasteiger partial charge >= 0.3 is 5.97 Å². The normalized spacial score (nSPS) is 15.0. The Bertz CT molecular complexity index is 833. The minimum Gasteiger partial charge on any atom is -0.508 e. The number of nitrogen functional groups attached to an aromatic ring is 1. The summed E-state index contributed by atoms with van der Waals surface area (Å²) in [6, 6.07) is 6.85. The second-order valence-corrected chi connectivity index (χ2v) is 5.49. The number of hydrogen-bond acceptors (Lipinski definition) is 7. The topological polar surface area (TPSA) is 104 Å². The van der Waals surface area contributed by atoms with Crippen LogP contribution in [-0.2, 0) is 9.53 Å². The number of cyclic esters (lactones) is 1. The van der Waals surface area contributed by atoms with E-state index in [1.54, 1.807) is 36.7 Å². The number of aliphatic hydroxyl groups excluding tert-OH is 1. The van der Waals surface area contributed by atoms with Gasteiger partial charge in [0.1, 0.15) is 23.9 Å². The number of nitrogens with zero attached hydrogens (tertiary/aromatic N) is 1. The van der Waals surface area contributed by atoms with Crippen LogP contribution in [0, 0.1) is 0 Å². The quantitative estimate of drug-likeness (QED) is 0.634. The lowest BCUT2D eigenvalue weighted by atomic mass is 9.83. The van der Waals surface area contributed by atoms with Crippen molar-refractivity contribution in [1.82, 2.24) is 4.98 Å². The average molecular weight is 342 g/mol. The minimum atomic E-state index is -0.676. The van der Waals surface area contributed by atoms with Crippen molar-refractivity contribution < 1.29 is 24.1 Å². The van der Waals surface area contributed by atoms with E-state index in [0.29, 0.717) is 28.3 Å². The Kier molecular flexibility index (Phi) is 4.47. The van der Waals surface area contributed by atoms with Crippen molar-refractivity contribution in [2.24, 2.45) is 0 Å². The minimum absolute atomic E-state index is 0.128. The largest absolute Gasteiger partial charge is 0.508 e. The molecular formula is C18H18N2O5. The highest BCUT2D eigenvalue weighted by Gasteiger charge is 2.36. The van der Waals surface area contributed by atoms with Gasteiger partial charge in [-0.1, -0.05) is 6.07 Å². The molecule has 2 heterocycles. The molecule has 7 nitrogen and oxygen atoms in total. The van der Waals surface area contributed by atoms with Crippen LogP contribution in [0.1, 0.15) is 17.0 Å². The second kappa shape index (κ2) is 6.72.